The minimum atomic E-state index is -0.348. The van der Waals surface area contributed by atoms with Gasteiger partial charge in [0.15, 0.2) is 0 Å². The fourth-order valence-corrected chi connectivity index (χ4v) is 1.20. The van der Waals surface area contributed by atoms with Crippen LogP contribution in [0.3, 0.4) is 0 Å². The van der Waals surface area contributed by atoms with E-state index in [4.69, 9.17) is 14.2 Å². The number of hydrogen-bond acceptors (Lipinski definition) is 4. The first kappa shape index (κ1) is 12.7. The molecule has 0 amide bonds. The Bertz CT molecular complexity index is 310. The number of benzene rings is 1. The van der Waals surface area contributed by atoms with Crippen molar-refractivity contribution in [2.24, 2.45) is 0 Å². The normalized spacial score (nSPS) is 12.1. The fourth-order valence-electron chi connectivity index (χ4n) is 1.20. The Balaban J connectivity index is 2.40. The first-order chi connectivity index (χ1) is 7.77. The van der Waals surface area contributed by atoms with Crippen LogP contribution in [0.15, 0.2) is 30.3 Å². The van der Waals surface area contributed by atoms with Crippen molar-refractivity contribution >= 4 is 5.97 Å². The molecule has 4 heteroatoms. The monoisotopic (exact) mass is 224 g/mol. The van der Waals surface area contributed by atoms with Crippen molar-refractivity contribution in [3.8, 4) is 0 Å². The number of hydrogen-bond donors (Lipinski definition) is 0. The summed E-state index contributed by atoms with van der Waals surface area (Å²) < 4.78 is 15.1. The van der Waals surface area contributed by atoms with E-state index in [1.807, 2.05) is 6.07 Å². The van der Waals surface area contributed by atoms with Crippen LogP contribution in [0.4, 0.5) is 0 Å². The third kappa shape index (κ3) is 4.00. The number of methoxy groups -OCH3 is 2. The van der Waals surface area contributed by atoms with Crippen LogP contribution in [0.2, 0.25) is 0 Å². The van der Waals surface area contributed by atoms with Crippen molar-refractivity contribution in [3.63, 3.8) is 0 Å². The van der Waals surface area contributed by atoms with E-state index < -0.39 is 0 Å². The second-order valence-corrected chi connectivity index (χ2v) is 3.28. The molecule has 1 aromatic rings. The molecule has 0 heterocycles. The van der Waals surface area contributed by atoms with Crippen LogP contribution in [-0.2, 0) is 14.2 Å². The van der Waals surface area contributed by atoms with Crippen molar-refractivity contribution in [2.75, 3.05) is 27.4 Å². The van der Waals surface area contributed by atoms with E-state index in [1.165, 1.54) is 0 Å². The topological polar surface area (TPSA) is 44.8 Å². The van der Waals surface area contributed by atoms with Crippen LogP contribution in [0.5, 0.6) is 0 Å². The third-order valence-electron chi connectivity index (χ3n) is 2.10. The molecule has 0 aromatic heterocycles. The second-order valence-electron chi connectivity index (χ2n) is 3.28. The van der Waals surface area contributed by atoms with Crippen LogP contribution >= 0.6 is 0 Å². The summed E-state index contributed by atoms with van der Waals surface area (Å²) >= 11 is 0. The van der Waals surface area contributed by atoms with Crippen molar-refractivity contribution in [1.82, 2.24) is 0 Å². The average molecular weight is 224 g/mol. The van der Waals surface area contributed by atoms with Gasteiger partial charge in [0.25, 0.3) is 0 Å². The lowest BCUT2D eigenvalue weighted by Crippen LogP contribution is -2.25. The molecule has 0 radical (unpaired) electrons. The van der Waals surface area contributed by atoms with E-state index >= 15 is 0 Å². The van der Waals surface area contributed by atoms with Gasteiger partial charge in [0.1, 0.15) is 12.7 Å². The predicted molar refractivity (Wildman–Crippen MR) is 59.4 cm³/mol. The SMILES string of the molecule is COCC(COC(=O)c1ccccc1)OC. The van der Waals surface area contributed by atoms with Gasteiger partial charge in [-0.15, -0.1) is 0 Å². The molecule has 0 saturated heterocycles. The molecule has 0 saturated carbocycles. The molecule has 1 aromatic carbocycles. The van der Waals surface area contributed by atoms with Crippen LogP contribution < -0.4 is 0 Å². The maximum absolute atomic E-state index is 11.6. The van der Waals surface area contributed by atoms with Gasteiger partial charge in [-0.2, -0.15) is 0 Å². The molecule has 0 bridgehead atoms. The summed E-state index contributed by atoms with van der Waals surface area (Å²) in [6.07, 6.45) is -0.224. The zero-order valence-corrected chi connectivity index (χ0v) is 9.51. The third-order valence-corrected chi connectivity index (χ3v) is 2.10. The van der Waals surface area contributed by atoms with Crippen LogP contribution in [0.1, 0.15) is 10.4 Å². The Kier molecular flexibility index (Phi) is 5.53. The standard InChI is InChI=1S/C12H16O4/c1-14-8-11(15-2)9-16-12(13)10-6-4-3-5-7-10/h3-7,11H,8-9H2,1-2H3. The van der Waals surface area contributed by atoms with Crippen LogP contribution in [0, 0.1) is 0 Å². The molecule has 0 N–H and O–H groups in total. The van der Waals surface area contributed by atoms with Gasteiger partial charge in [-0.1, -0.05) is 18.2 Å². The number of esters is 1. The van der Waals surface area contributed by atoms with E-state index in [0.717, 1.165) is 0 Å². The molecule has 1 unspecified atom stereocenters. The van der Waals surface area contributed by atoms with Crippen molar-refractivity contribution in [3.05, 3.63) is 35.9 Å². The minimum absolute atomic E-state index is 0.193. The van der Waals surface area contributed by atoms with Gasteiger partial charge in [0.2, 0.25) is 0 Å². The Morgan fingerprint density at radius 3 is 2.44 bits per heavy atom. The maximum atomic E-state index is 11.6. The Morgan fingerprint density at radius 1 is 1.19 bits per heavy atom. The average Bonchev–Trinajstić information content (AvgIpc) is 2.35. The number of rotatable bonds is 6. The van der Waals surface area contributed by atoms with Crippen LogP contribution in [-0.4, -0.2) is 39.5 Å². The van der Waals surface area contributed by atoms with Gasteiger partial charge in [-0.3, -0.25) is 0 Å². The fraction of sp³-hybridized carbons (Fsp3) is 0.417. The molecule has 1 atom stereocenters. The van der Waals surface area contributed by atoms with E-state index in [-0.39, 0.29) is 18.7 Å². The highest BCUT2D eigenvalue weighted by Crippen LogP contribution is 2.02. The lowest BCUT2D eigenvalue weighted by Gasteiger charge is -2.14. The molecule has 88 valence electrons. The first-order valence-electron chi connectivity index (χ1n) is 5.01. The van der Waals surface area contributed by atoms with E-state index in [9.17, 15) is 4.79 Å². The summed E-state index contributed by atoms with van der Waals surface area (Å²) in [5.74, 6) is -0.348. The molecule has 0 fully saturated rings. The molecule has 0 aliphatic rings. The lowest BCUT2D eigenvalue weighted by atomic mass is 10.2. The highest BCUT2D eigenvalue weighted by Gasteiger charge is 2.11. The smallest absolute Gasteiger partial charge is 0.338 e. The minimum Gasteiger partial charge on any atom is -0.459 e. The molecule has 1 rings (SSSR count). The zero-order chi connectivity index (χ0) is 11.8. The Hall–Kier alpha value is -1.39. The zero-order valence-electron chi connectivity index (χ0n) is 9.51. The molecular weight excluding hydrogens is 208 g/mol. The Morgan fingerprint density at radius 2 is 1.88 bits per heavy atom. The maximum Gasteiger partial charge on any atom is 0.338 e. The van der Waals surface area contributed by atoms with Crippen molar-refractivity contribution in [1.29, 1.82) is 0 Å². The number of carbonyl (C=O) groups is 1. The summed E-state index contributed by atoms with van der Waals surface area (Å²) in [5.41, 5.74) is 0.537. The molecule has 16 heavy (non-hydrogen) atoms. The summed E-state index contributed by atoms with van der Waals surface area (Å²) in [7, 11) is 3.13. The van der Waals surface area contributed by atoms with Crippen molar-refractivity contribution < 1.29 is 19.0 Å². The molecule has 0 aliphatic carbocycles. The number of ether oxygens (including phenoxy) is 3. The van der Waals surface area contributed by atoms with E-state index in [0.29, 0.717) is 12.2 Å². The van der Waals surface area contributed by atoms with Gasteiger partial charge >= 0.3 is 5.97 Å². The summed E-state index contributed by atoms with van der Waals surface area (Å²) in [6, 6.07) is 8.85. The summed E-state index contributed by atoms with van der Waals surface area (Å²) in [4.78, 5) is 11.6. The number of carbonyl (C=O) groups excluding carboxylic acids is 1. The van der Waals surface area contributed by atoms with Gasteiger partial charge in [-0.25, -0.2) is 4.79 Å². The quantitative estimate of drug-likeness (QED) is 0.687. The molecular formula is C12H16O4. The molecule has 4 nitrogen and oxygen atoms in total. The Labute approximate surface area is 95.1 Å². The largest absolute Gasteiger partial charge is 0.459 e. The predicted octanol–water partition coefficient (Wildman–Crippen LogP) is 1.50. The van der Waals surface area contributed by atoms with E-state index in [2.05, 4.69) is 0 Å². The van der Waals surface area contributed by atoms with Gasteiger partial charge in [0.05, 0.1) is 12.2 Å². The first-order valence-corrected chi connectivity index (χ1v) is 5.01. The molecule has 0 spiro atoms. The summed E-state index contributed by atoms with van der Waals surface area (Å²) in [6.45, 7) is 0.594. The van der Waals surface area contributed by atoms with Crippen molar-refractivity contribution in [2.45, 2.75) is 6.10 Å². The highest BCUT2D eigenvalue weighted by atomic mass is 16.6. The molecule has 0 aliphatic heterocycles. The van der Waals surface area contributed by atoms with Gasteiger partial charge < -0.3 is 14.2 Å². The summed E-state index contributed by atoms with van der Waals surface area (Å²) in [5, 5.41) is 0. The lowest BCUT2D eigenvalue weighted by molar-refractivity contribution is -0.0205. The van der Waals surface area contributed by atoms with Gasteiger partial charge in [0, 0.05) is 14.2 Å². The van der Waals surface area contributed by atoms with Crippen LogP contribution in [0.25, 0.3) is 0 Å². The van der Waals surface area contributed by atoms with Gasteiger partial charge in [-0.05, 0) is 12.1 Å². The second kappa shape index (κ2) is 6.98. The van der Waals surface area contributed by atoms with E-state index in [1.54, 1.807) is 38.5 Å². The highest BCUT2D eigenvalue weighted by molar-refractivity contribution is 5.89.